The maximum absolute atomic E-state index is 12.8. The van der Waals surface area contributed by atoms with Crippen molar-refractivity contribution in [2.75, 3.05) is 20.2 Å². The molecule has 0 radical (unpaired) electrons. The summed E-state index contributed by atoms with van der Waals surface area (Å²) in [5.74, 6) is 0.559. The zero-order valence-corrected chi connectivity index (χ0v) is 13.7. The Kier molecular flexibility index (Phi) is 4.76. The van der Waals surface area contributed by atoms with Gasteiger partial charge in [-0.25, -0.2) is 0 Å². The largest absolute Gasteiger partial charge is 0.367 e. The van der Waals surface area contributed by atoms with Gasteiger partial charge in [-0.05, 0) is 29.9 Å². The molecule has 0 spiro atoms. The third-order valence-electron chi connectivity index (χ3n) is 4.44. The first-order valence-corrected chi connectivity index (χ1v) is 8.01. The summed E-state index contributed by atoms with van der Waals surface area (Å²) in [5, 5.41) is 4.21. The molecule has 0 saturated carbocycles. The summed E-state index contributed by atoms with van der Waals surface area (Å²) in [4.78, 5) is 14.7. The van der Waals surface area contributed by atoms with Gasteiger partial charge < -0.3 is 9.64 Å². The number of aryl methyl sites for hydroxylation is 1. The molecule has 0 aliphatic carbocycles. The number of carbonyl (C=O) groups excluding carboxylic acids is 1. The number of hydrogen-bond donors (Lipinski definition) is 0. The van der Waals surface area contributed by atoms with E-state index in [0.29, 0.717) is 5.92 Å². The van der Waals surface area contributed by atoms with Gasteiger partial charge in [-0.15, -0.1) is 0 Å². The maximum atomic E-state index is 12.8. The Balaban J connectivity index is 1.62. The molecule has 0 bridgehead atoms. The lowest BCUT2D eigenvalue weighted by atomic mass is 10.0. The van der Waals surface area contributed by atoms with E-state index in [2.05, 4.69) is 5.10 Å². The molecule has 1 aromatic heterocycles. The third-order valence-corrected chi connectivity index (χ3v) is 4.44. The van der Waals surface area contributed by atoms with Gasteiger partial charge in [-0.1, -0.05) is 30.3 Å². The number of benzene rings is 1. The van der Waals surface area contributed by atoms with Crippen molar-refractivity contribution in [1.29, 1.82) is 0 Å². The highest BCUT2D eigenvalue weighted by Gasteiger charge is 2.31. The van der Waals surface area contributed by atoms with Crippen molar-refractivity contribution in [1.82, 2.24) is 14.7 Å². The minimum Gasteiger partial charge on any atom is -0.367 e. The summed E-state index contributed by atoms with van der Waals surface area (Å²) < 4.78 is 7.29. The molecule has 1 unspecified atom stereocenters. The van der Waals surface area contributed by atoms with Gasteiger partial charge in [-0.3, -0.25) is 9.48 Å². The molecule has 122 valence electrons. The van der Waals surface area contributed by atoms with Crippen LogP contribution in [0.3, 0.4) is 0 Å². The first-order valence-electron chi connectivity index (χ1n) is 8.01. The van der Waals surface area contributed by atoms with Gasteiger partial charge in [0.15, 0.2) is 6.10 Å². The summed E-state index contributed by atoms with van der Waals surface area (Å²) in [6.45, 7) is 1.59. The van der Waals surface area contributed by atoms with Crippen LogP contribution in [0.4, 0.5) is 0 Å². The van der Waals surface area contributed by atoms with Crippen molar-refractivity contribution in [2.24, 2.45) is 13.0 Å². The third kappa shape index (κ3) is 3.62. The summed E-state index contributed by atoms with van der Waals surface area (Å²) in [6, 6.07) is 9.69. The van der Waals surface area contributed by atoms with Gasteiger partial charge in [0.25, 0.3) is 5.91 Å². The van der Waals surface area contributed by atoms with Crippen molar-refractivity contribution < 1.29 is 9.53 Å². The number of carbonyl (C=O) groups is 1. The normalized spacial score (nSPS) is 19.0. The van der Waals surface area contributed by atoms with Gasteiger partial charge >= 0.3 is 0 Å². The number of likely N-dealkylation sites (tertiary alicyclic amines) is 1. The molecular formula is C18H23N3O2. The zero-order valence-electron chi connectivity index (χ0n) is 13.7. The molecule has 2 atom stereocenters. The van der Waals surface area contributed by atoms with E-state index in [1.807, 2.05) is 59.4 Å². The van der Waals surface area contributed by atoms with E-state index in [-0.39, 0.29) is 5.91 Å². The van der Waals surface area contributed by atoms with E-state index in [1.165, 1.54) is 5.56 Å². The Morgan fingerprint density at radius 1 is 1.39 bits per heavy atom. The summed E-state index contributed by atoms with van der Waals surface area (Å²) in [6.07, 6.45) is 5.46. The molecule has 1 aliphatic rings. The Hall–Kier alpha value is -2.14. The summed E-state index contributed by atoms with van der Waals surface area (Å²) in [7, 11) is 3.52. The van der Waals surface area contributed by atoms with E-state index in [9.17, 15) is 4.79 Å². The SMILES string of the molecule is CO[C@@H](C(=O)N1CCC(Cc2cnn(C)c2)C1)c1ccccc1. The highest BCUT2D eigenvalue weighted by molar-refractivity contribution is 5.82. The summed E-state index contributed by atoms with van der Waals surface area (Å²) >= 11 is 0. The van der Waals surface area contributed by atoms with Gasteiger partial charge in [0.05, 0.1) is 6.20 Å². The van der Waals surface area contributed by atoms with Crippen LogP contribution in [0.5, 0.6) is 0 Å². The second kappa shape index (κ2) is 6.96. The first kappa shape index (κ1) is 15.7. The molecule has 1 aliphatic heterocycles. The number of aromatic nitrogens is 2. The highest BCUT2D eigenvalue weighted by Crippen LogP contribution is 2.26. The van der Waals surface area contributed by atoms with Crippen molar-refractivity contribution in [3.05, 3.63) is 53.9 Å². The van der Waals surface area contributed by atoms with Crippen LogP contribution in [0.15, 0.2) is 42.7 Å². The molecular weight excluding hydrogens is 290 g/mol. The molecule has 1 aromatic carbocycles. The average molecular weight is 313 g/mol. The van der Waals surface area contributed by atoms with Crippen LogP contribution in [0.1, 0.15) is 23.7 Å². The van der Waals surface area contributed by atoms with Crippen molar-refractivity contribution >= 4 is 5.91 Å². The lowest BCUT2D eigenvalue weighted by molar-refractivity contribution is -0.141. The smallest absolute Gasteiger partial charge is 0.256 e. The Bertz CT molecular complexity index is 653. The van der Waals surface area contributed by atoms with E-state index in [4.69, 9.17) is 4.74 Å². The number of amides is 1. The monoisotopic (exact) mass is 313 g/mol. The zero-order chi connectivity index (χ0) is 16.2. The molecule has 5 heteroatoms. The highest BCUT2D eigenvalue weighted by atomic mass is 16.5. The summed E-state index contributed by atoms with van der Waals surface area (Å²) in [5.41, 5.74) is 2.15. The van der Waals surface area contributed by atoms with Gasteiger partial charge in [-0.2, -0.15) is 5.10 Å². The average Bonchev–Trinajstić information content (AvgIpc) is 3.19. The fourth-order valence-corrected chi connectivity index (χ4v) is 3.28. The van der Waals surface area contributed by atoms with Crippen LogP contribution in [-0.4, -0.2) is 40.8 Å². The van der Waals surface area contributed by atoms with Crippen molar-refractivity contribution in [2.45, 2.75) is 18.9 Å². The van der Waals surface area contributed by atoms with Crippen molar-refractivity contribution in [3.8, 4) is 0 Å². The molecule has 1 amide bonds. The second-order valence-corrected chi connectivity index (χ2v) is 6.19. The number of nitrogens with zero attached hydrogens (tertiary/aromatic N) is 3. The molecule has 0 N–H and O–H groups in total. The fraction of sp³-hybridized carbons (Fsp3) is 0.444. The van der Waals surface area contributed by atoms with Gasteiger partial charge in [0.1, 0.15) is 0 Å². The van der Waals surface area contributed by atoms with Crippen LogP contribution in [-0.2, 0) is 23.0 Å². The van der Waals surface area contributed by atoms with E-state index < -0.39 is 6.10 Å². The molecule has 1 saturated heterocycles. The fourth-order valence-electron chi connectivity index (χ4n) is 3.28. The minimum absolute atomic E-state index is 0.0624. The van der Waals surface area contributed by atoms with E-state index >= 15 is 0 Å². The number of ether oxygens (including phenoxy) is 1. The molecule has 1 fully saturated rings. The first-order chi connectivity index (χ1) is 11.2. The van der Waals surface area contributed by atoms with Crippen LogP contribution >= 0.6 is 0 Å². The predicted molar refractivity (Wildman–Crippen MR) is 87.8 cm³/mol. The van der Waals surface area contributed by atoms with Crippen molar-refractivity contribution in [3.63, 3.8) is 0 Å². The Morgan fingerprint density at radius 3 is 2.83 bits per heavy atom. The standard InChI is InChI=1S/C18H23N3O2/c1-20-12-15(11-19-20)10-14-8-9-21(13-14)18(22)17(23-2)16-6-4-3-5-7-16/h3-7,11-12,14,17H,8-10,13H2,1-2H3/t14?,17-/m1/s1. The second-order valence-electron chi connectivity index (χ2n) is 6.19. The lowest BCUT2D eigenvalue weighted by Crippen LogP contribution is -2.34. The van der Waals surface area contributed by atoms with Crippen LogP contribution in [0, 0.1) is 5.92 Å². The molecule has 3 rings (SSSR count). The van der Waals surface area contributed by atoms with Gasteiger partial charge in [0, 0.05) is 33.4 Å². The minimum atomic E-state index is -0.506. The molecule has 2 heterocycles. The quantitative estimate of drug-likeness (QED) is 0.850. The van der Waals surface area contributed by atoms with Gasteiger partial charge in [0.2, 0.25) is 0 Å². The van der Waals surface area contributed by atoms with Crippen LogP contribution < -0.4 is 0 Å². The van der Waals surface area contributed by atoms with E-state index in [1.54, 1.807) is 7.11 Å². The number of hydrogen-bond acceptors (Lipinski definition) is 3. The number of rotatable bonds is 5. The molecule has 2 aromatic rings. The Morgan fingerprint density at radius 2 is 2.17 bits per heavy atom. The Labute approximate surface area is 136 Å². The molecule has 5 nitrogen and oxygen atoms in total. The maximum Gasteiger partial charge on any atom is 0.256 e. The topological polar surface area (TPSA) is 47.4 Å². The van der Waals surface area contributed by atoms with E-state index in [0.717, 1.165) is 31.5 Å². The van der Waals surface area contributed by atoms with Crippen LogP contribution in [0.2, 0.25) is 0 Å². The molecule has 23 heavy (non-hydrogen) atoms. The number of methoxy groups -OCH3 is 1. The lowest BCUT2D eigenvalue weighted by Gasteiger charge is -2.23. The van der Waals surface area contributed by atoms with Crippen LogP contribution in [0.25, 0.3) is 0 Å². The predicted octanol–water partition coefficient (Wildman–Crippen LogP) is 2.20.